The van der Waals surface area contributed by atoms with Gasteiger partial charge in [0.1, 0.15) is 6.61 Å². The Hall–Kier alpha value is -2.43. The monoisotopic (exact) mass is 408 g/mol. The van der Waals surface area contributed by atoms with Crippen LogP contribution in [0.4, 0.5) is 0 Å². The molecule has 3 aromatic carbocycles. The molecular weight excluding hydrogens is 376 g/mol. The summed E-state index contributed by atoms with van der Waals surface area (Å²) in [6.45, 7) is 3.87. The van der Waals surface area contributed by atoms with E-state index in [0.717, 1.165) is 27.5 Å². The number of rotatable bonds is 4. The highest BCUT2D eigenvalue weighted by molar-refractivity contribution is 6.16. The molecule has 0 spiro atoms. The van der Waals surface area contributed by atoms with Crippen LogP contribution in [-0.4, -0.2) is 37.0 Å². The van der Waals surface area contributed by atoms with Gasteiger partial charge in [0.15, 0.2) is 0 Å². The number of ether oxygens (including phenoxy) is 2. The molecule has 4 nitrogen and oxygen atoms in total. The Morgan fingerprint density at radius 1 is 1.03 bits per heavy atom. The van der Waals surface area contributed by atoms with E-state index in [0.29, 0.717) is 11.7 Å². The molecule has 1 saturated carbocycles. The standard InChI is InChI=1S/C18H16O3.C8H16O/c1-12(19)11-21-18(20)17-15-8-4-2-6-13(15)10-14-7-3-5-9-16(14)17;1-7-5-3-4-6-8(7)9-2/h2-10,12,19H,11H2,1H3;7-8H,3-6H2,1-2H3. The molecule has 1 aliphatic rings. The van der Waals surface area contributed by atoms with Gasteiger partial charge in [-0.3, -0.25) is 0 Å². The number of aliphatic hydroxyl groups is 1. The van der Waals surface area contributed by atoms with Crippen molar-refractivity contribution in [3.05, 3.63) is 60.2 Å². The van der Waals surface area contributed by atoms with Crippen LogP contribution >= 0.6 is 0 Å². The van der Waals surface area contributed by atoms with Gasteiger partial charge in [-0.25, -0.2) is 4.79 Å². The van der Waals surface area contributed by atoms with E-state index in [1.54, 1.807) is 6.92 Å². The maximum atomic E-state index is 12.4. The van der Waals surface area contributed by atoms with Gasteiger partial charge in [0.05, 0.1) is 17.8 Å². The average molecular weight is 409 g/mol. The van der Waals surface area contributed by atoms with E-state index in [4.69, 9.17) is 9.47 Å². The number of carbonyl (C=O) groups excluding carboxylic acids is 1. The highest BCUT2D eigenvalue weighted by atomic mass is 16.5. The van der Waals surface area contributed by atoms with Crippen molar-refractivity contribution >= 4 is 27.5 Å². The van der Waals surface area contributed by atoms with Crippen LogP contribution in [0, 0.1) is 5.92 Å². The van der Waals surface area contributed by atoms with Crippen LogP contribution in [0.15, 0.2) is 54.6 Å². The number of methoxy groups -OCH3 is 1. The van der Waals surface area contributed by atoms with Gasteiger partial charge in [-0.1, -0.05) is 68.3 Å². The fourth-order valence-electron chi connectivity index (χ4n) is 4.13. The minimum atomic E-state index is -0.671. The Balaban J connectivity index is 0.000000239. The minimum Gasteiger partial charge on any atom is -0.459 e. The molecule has 1 fully saturated rings. The van der Waals surface area contributed by atoms with E-state index in [1.165, 1.54) is 25.7 Å². The van der Waals surface area contributed by atoms with Gasteiger partial charge in [-0.05, 0) is 53.3 Å². The zero-order valence-corrected chi connectivity index (χ0v) is 18.1. The molecule has 0 heterocycles. The quantitative estimate of drug-likeness (QED) is 0.442. The molecule has 0 aliphatic heterocycles. The Bertz CT molecular complexity index is 925. The summed E-state index contributed by atoms with van der Waals surface area (Å²) >= 11 is 0. The van der Waals surface area contributed by atoms with Crippen LogP contribution in [0.1, 0.15) is 49.9 Å². The first-order valence-corrected chi connectivity index (χ1v) is 10.8. The van der Waals surface area contributed by atoms with Crippen LogP contribution in [-0.2, 0) is 9.47 Å². The van der Waals surface area contributed by atoms with Crippen molar-refractivity contribution in [1.82, 2.24) is 0 Å². The van der Waals surface area contributed by atoms with E-state index in [1.807, 2.05) is 55.6 Å². The Morgan fingerprint density at radius 2 is 1.60 bits per heavy atom. The summed E-state index contributed by atoms with van der Waals surface area (Å²) in [5.41, 5.74) is 0.560. The molecule has 30 heavy (non-hydrogen) atoms. The van der Waals surface area contributed by atoms with Crippen LogP contribution in [0.5, 0.6) is 0 Å². The number of carbonyl (C=O) groups is 1. The predicted molar refractivity (Wildman–Crippen MR) is 122 cm³/mol. The van der Waals surface area contributed by atoms with Crippen LogP contribution in [0.3, 0.4) is 0 Å². The van der Waals surface area contributed by atoms with Crippen molar-refractivity contribution < 1.29 is 19.4 Å². The van der Waals surface area contributed by atoms with Crippen molar-refractivity contribution in [3.8, 4) is 0 Å². The predicted octanol–water partition coefficient (Wildman–Crippen LogP) is 5.74. The molecule has 0 radical (unpaired) electrons. The van der Waals surface area contributed by atoms with Crippen molar-refractivity contribution in [2.75, 3.05) is 13.7 Å². The van der Waals surface area contributed by atoms with E-state index >= 15 is 0 Å². The van der Waals surface area contributed by atoms with Crippen molar-refractivity contribution in [2.24, 2.45) is 5.92 Å². The summed E-state index contributed by atoms with van der Waals surface area (Å²) in [4.78, 5) is 12.4. The fraction of sp³-hybridized carbons (Fsp3) is 0.423. The second kappa shape index (κ2) is 10.6. The maximum absolute atomic E-state index is 12.4. The summed E-state index contributed by atoms with van der Waals surface area (Å²) in [6.07, 6.45) is 5.29. The zero-order valence-electron chi connectivity index (χ0n) is 18.1. The molecule has 3 atom stereocenters. The first-order chi connectivity index (χ1) is 14.5. The summed E-state index contributed by atoms with van der Waals surface area (Å²) in [5, 5.41) is 13.0. The summed E-state index contributed by atoms with van der Waals surface area (Å²) < 4.78 is 10.5. The van der Waals surface area contributed by atoms with E-state index in [-0.39, 0.29) is 6.61 Å². The molecule has 0 saturated heterocycles. The smallest absolute Gasteiger partial charge is 0.339 e. The maximum Gasteiger partial charge on any atom is 0.339 e. The SMILES string of the molecule is CC(O)COC(=O)c1c2ccccc2cc2ccccc12.COC1CCCCC1C. The van der Waals surface area contributed by atoms with Gasteiger partial charge in [-0.15, -0.1) is 0 Å². The Morgan fingerprint density at radius 3 is 2.10 bits per heavy atom. The number of hydrogen-bond donors (Lipinski definition) is 1. The van der Waals surface area contributed by atoms with Crippen molar-refractivity contribution in [3.63, 3.8) is 0 Å². The van der Waals surface area contributed by atoms with Crippen LogP contribution in [0.2, 0.25) is 0 Å². The van der Waals surface area contributed by atoms with Gasteiger partial charge >= 0.3 is 5.97 Å². The number of aliphatic hydroxyl groups excluding tert-OH is 1. The lowest BCUT2D eigenvalue weighted by Gasteiger charge is -2.26. The average Bonchev–Trinajstić information content (AvgIpc) is 2.76. The Labute approximate surface area is 178 Å². The molecule has 0 bridgehead atoms. The third-order valence-corrected chi connectivity index (χ3v) is 5.77. The lowest BCUT2D eigenvalue weighted by molar-refractivity contribution is 0.0300. The third kappa shape index (κ3) is 5.38. The normalized spacial score (nSPS) is 19.7. The number of esters is 1. The molecule has 3 unspecified atom stereocenters. The van der Waals surface area contributed by atoms with Gasteiger partial charge in [-0.2, -0.15) is 0 Å². The molecule has 160 valence electrons. The number of benzene rings is 3. The second-order valence-corrected chi connectivity index (χ2v) is 8.18. The number of fused-ring (bicyclic) bond motifs is 2. The summed E-state index contributed by atoms with van der Waals surface area (Å²) in [5.74, 6) is 0.396. The first-order valence-electron chi connectivity index (χ1n) is 10.8. The molecule has 3 aromatic rings. The first kappa shape index (κ1) is 22.3. The zero-order chi connectivity index (χ0) is 21.5. The Kier molecular flexibility index (Phi) is 7.83. The number of hydrogen-bond acceptors (Lipinski definition) is 4. The molecule has 1 aliphatic carbocycles. The van der Waals surface area contributed by atoms with Gasteiger partial charge in [0.25, 0.3) is 0 Å². The second-order valence-electron chi connectivity index (χ2n) is 8.18. The lowest BCUT2D eigenvalue weighted by atomic mass is 9.88. The van der Waals surface area contributed by atoms with E-state index < -0.39 is 12.1 Å². The van der Waals surface area contributed by atoms with Crippen molar-refractivity contribution in [2.45, 2.75) is 51.7 Å². The molecule has 4 heteroatoms. The van der Waals surface area contributed by atoms with E-state index in [9.17, 15) is 9.90 Å². The largest absolute Gasteiger partial charge is 0.459 e. The fourth-order valence-corrected chi connectivity index (χ4v) is 4.13. The van der Waals surface area contributed by atoms with Gasteiger partial charge in [0, 0.05) is 7.11 Å². The molecule has 0 aromatic heterocycles. The molecule has 0 amide bonds. The lowest BCUT2D eigenvalue weighted by Crippen LogP contribution is -2.23. The minimum absolute atomic E-state index is 0.00359. The highest BCUT2D eigenvalue weighted by Crippen LogP contribution is 2.29. The van der Waals surface area contributed by atoms with Crippen molar-refractivity contribution in [1.29, 1.82) is 0 Å². The highest BCUT2D eigenvalue weighted by Gasteiger charge is 2.20. The van der Waals surface area contributed by atoms with Gasteiger partial charge < -0.3 is 14.6 Å². The summed E-state index contributed by atoms with van der Waals surface area (Å²) in [7, 11) is 1.83. The van der Waals surface area contributed by atoms with Gasteiger partial charge in [0.2, 0.25) is 0 Å². The third-order valence-electron chi connectivity index (χ3n) is 5.77. The van der Waals surface area contributed by atoms with Crippen LogP contribution in [0.25, 0.3) is 21.5 Å². The van der Waals surface area contributed by atoms with E-state index in [2.05, 4.69) is 13.0 Å². The molecule has 1 N–H and O–H groups in total. The topological polar surface area (TPSA) is 55.8 Å². The summed E-state index contributed by atoms with van der Waals surface area (Å²) in [6, 6.07) is 17.6. The van der Waals surface area contributed by atoms with Crippen LogP contribution < -0.4 is 0 Å². The molecule has 4 rings (SSSR count). The molecular formula is C26H32O4.